The van der Waals surface area contributed by atoms with Gasteiger partial charge in [0, 0.05) is 12.2 Å². The topological polar surface area (TPSA) is 83.6 Å². The molecular weight excluding hydrogens is 376 g/mol. The summed E-state index contributed by atoms with van der Waals surface area (Å²) >= 11 is 0. The normalized spacial score (nSPS) is 20.0. The monoisotopic (exact) mass is 398 g/mol. The minimum Gasteiger partial charge on any atom is -0.330 e. The van der Waals surface area contributed by atoms with Crippen LogP contribution in [0.1, 0.15) is 24.0 Å². The Morgan fingerprint density at radius 2 is 1.89 bits per heavy atom. The molecule has 0 aliphatic carbocycles. The summed E-state index contributed by atoms with van der Waals surface area (Å²) in [6.07, 6.45) is 2.16. The third-order valence-corrected chi connectivity index (χ3v) is 7.18. The third-order valence-electron chi connectivity index (χ3n) is 5.38. The van der Waals surface area contributed by atoms with E-state index < -0.39 is 15.9 Å². The number of nitrogens with zero attached hydrogens (tertiary/aromatic N) is 1. The van der Waals surface area contributed by atoms with Gasteiger partial charge in [-0.1, -0.05) is 36.4 Å². The number of benzene rings is 2. The molecule has 7 heteroatoms. The molecular formula is C21H22N2O4S. The SMILES string of the molecule is O=C(Nc1ccc2c(c1)S(=O)(=O)CC2)C1CCCN1C(=O)Cc1ccccc1. The van der Waals surface area contributed by atoms with Crippen LogP contribution in [0.4, 0.5) is 5.69 Å². The van der Waals surface area contributed by atoms with Gasteiger partial charge in [0.25, 0.3) is 0 Å². The first-order chi connectivity index (χ1) is 13.4. The molecule has 2 heterocycles. The van der Waals surface area contributed by atoms with Gasteiger partial charge < -0.3 is 10.2 Å². The van der Waals surface area contributed by atoms with E-state index in [1.165, 1.54) is 6.07 Å². The summed E-state index contributed by atoms with van der Waals surface area (Å²) in [7, 11) is -3.26. The number of hydrogen-bond acceptors (Lipinski definition) is 4. The van der Waals surface area contributed by atoms with Crippen LogP contribution in [0.3, 0.4) is 0 Å². The first-order valence-corrected chi connectivity index (χ1v) is 11.1. The number of rotatable bonds is 4. The fraction of sp³-hybridized carbons (Fsp3) is 0.333. The van der Waals surface area contributed by atoms with Crippen LogP contribution in [0.5, 0.6) is 0 Å². The van der Waals surface area contributed by atoms with Crippen LogP contribution < -0.4 is 5.32 Å². The van der Waals surface area contributed by atoms with Crippen LogP contribution in [0.25, 0.3) is 0 Å². The first-order valence-electron chi connectivity index (χ1n) is 9.44. The molecule has 6 nitrogen and oxygen atoms in total. The summed E-state index contributed by atoms with van der Waals surface area (Å²) in [5.41, 5.74) is 2.16. The zero-order chi connectivity index (χ0) is 19.7. The molecule has 0 saturated carbocycles. The first kappa shape index (κ1) is 18.7. The van der Waals surface area contributed by atoms with Crippen LogP contribution in [0.15, 0.2) is 53.4 Å². The molecule has 28 heavy (non-hydrogen) atoms. The van der Waals surface area contributed by atoms with Gasteiger partial charge in [0.1, 0.15) is 6.04 Å². The summed E-state index contributed by atoms with van der Waals surface area (Å²) in [4.78, 5) is 27.4. The molecule has 1 N–H and O–H groups in total. The van der Waals surface area contributed by atoms with Gasteiger partial charge >= 0.3 is 0 Å². The van der Waals surface area contributed by atoms with Crippen molar-refractivity contribution in [1.29, 1.82) is 0 Å². The summed E-state index contributed by atoms with van der Waals surface area (Å²) in [5.74, 6) is -0.223. The van der Waals surface area contributed by atoms with Crippen molar-refractivity contribution in [1.82, 2.24) is 4.90 Å². The number of likely N-dealkylation sites (tertiary alicyclic amines) is 1. The van der Waals surface area contributed by atoms with E-state index in [1.807, 2.05) is 30.3 Å². The Hall–Kier alpha value is -2.67. The third kappa shape index (κ3) is 3.67. The second-order valence-electron chi connectivity index (χ2n) is 7.29. The van der Waals surface area contributed by atoms with Crippen molar-refractivity contribution in [2.24, 2.45) is 0 Å². The van der Waals surface area contributed by atoms with Crippen LogP contribution in [-0.4, -0.2) is 43.5 Å². The highest BCUT2D eigenvalue weighted by Gasteiger charge is 2.34. The number of sulfone groups is 1. The lowest BCUT2D eigenvalue weighted by Crippen LogP contribution is -2.43. The summed E-state index contributed by atoms with van der Waals surface area (Å²) in [6.45, 7) is 0.558. The molecule has 4 rings (SSSR count). The number of hydrogen-bond donors (Lipinski definition) is 1. The van der Waals surface area contributed by atoms with E-state index in [0.29, 0.717) is 30.0 Å². The van der Waals surface area contributed by atoms with Gasteiger partial charge in [-0.25, -0.2) is 8.42 Å². The molecule has 0 spiro atoms. The predicted octanol–water partition coefficient (Wildman–Crippen LogP) is 2.19. The number of carbonyl (C=O) groups is 2. The minimum absolute atomic E-state index is 0.0691. The average Bonchev–Trinajstić information content (AvgIpc) is 3.28. The van der Waals surface area contributed by atoms with E-state index in [4.69, 9.17) is 0 Å². The molecule has 1 unspecified atom stereocenters. The predicted molar refractivity (Wildman–Crippen MR) is 106 cm³/mol. The number of aryl methyl sites for hydroxylation is 1. The van der Waals surface area contributed by atoms with Crippen molar-refractivity contribution in [3.8, 4) is 0 Å². The lowest BCUT2D eigenvalue weighted by atomic mass is 10.1. The van der Waals surface area contributed by atoms with Gasteiger partial charge in [0.05, 0.1) is 17.1 Å². The van der Waals surface area contributed by atoms with Gasteiger partial charge in [-0.3, -0.25) is 9.59 Å². The van der Waals surface area contributed by atoms with E-state index in [1.54, 1.807) is 17.0 Å². The average molecular weight is 398 g/mol. The van der Waals surface area contributed by atoms with Crippen molar-refractivity contribution in [2.45, 2.75) is 36.6 Å². The second-order valence-corrected chi connectivity index (χ2v) is 9.37. The van der Waals surface area contributed by atoms with Crippen molar-refractivity contribution in [3.63, 3.8) is 0 Å². The lowest BCUT2D eigenvalue weighted by Gasteiger charge is -2.24. The number of fused-ring (bicyclic) bond motifs is 1. The Kier molecular flexibility index (Phi) is 4.93. The molecule has 1 atom stereocenters. The standard InChI is InChI=1S/C21H22N2O4S/c24-20(13-15-5-2-1-3-6-15)23-11-4-7-18(23)21(25)22-17-9-8-16-10-12-28(26,27)19(16)14-17/h1-3,5-6,8-9,14,18H,4,7,10-13H2,(H,22,25). The number of carbonyl (C=O) groups excluding carboxylic acids is 2. The van der Waals surface area contributed by atoms with Gasteiger partial charge in [-0.2, -0.15) is 0 Å². The maximum Gasteiger partial charge on any atom is 0.247 e. The van der Waals surface area contributed by atoms with Crippen molar-refractivity contribution >= 4 is 27.3 Å². The molecule has 1 saturated heterocycles. The van der Waals surface area contributed by atoms with Gasteiger partial charge in [0.15, 0.2) is 9.84 Å². The van der Waals surface area contributed by atoms with Gasteiger partial charge in [-0.15, -0.1) is 0 Å². The Balaban J connectivity index is 1.46. The van der Waals surface area contributed by atoms with Gasteiger partial charge in [0.2, 0.25) is 11.8 Å². The molecule has 2 aromatic rings. The molecule has 0 bridgehead atoms. The molecule has 1 fully saturated rings. The number of nitrogens with one attached hydrogen (secondary N) is 1. The Labute approximate surface area is 164 Å². The Morgan fingerprint density at radius 3 is 2.68 bits per heavy atom. The molecule has 2 aromatic carbocycles. The zero-order valence-electron chi connectivity index (χ0n) is 15.4. The maximum absolute atomic E-state index is 12.8. The van der Waals surface area contributed by atoms with E-state index in [9.17, 15) is 18.0 Å². The molecule has 2 aliphatic rings. The summed E-state index contributed by atoms with van der Waals surface area (Å²) in [5, 5.41) is 2.80. The van der Waals surface area contributed by atoms with Crippen molar-refractivity contribution in [2.75, 3.05) is 17.6 Å². The highest BCUT2D eigenvalue weighted by molar-refractivity contribution is 7.91. The summed E-state index contributed by atoms with van der Waals surface area (Å²) in [6, 6.07) is 13.9. The van der Waals surface area contributed by atoms with Gasteiger partial charge in [-0.05, 0) is 42.5 Å². The zero-order valence-corrected chi connectivity index (χ0v) is 16.2. The number of anilines is 1. The minimum atomic E-state index is -3.26. The Bertz CT molecular complexity index is 1020. The van der Waals surface area contributed by atoms with Crippen LogP contribution in [0.2, 0.25) is 0 Å². The van der Waals surface area contributed by atoms with Crippen LogP contribution >= 0.6 is 0 Å². The van der Waals surface area contributed by atoms with E-state index >= 15 is 0 Å². The van der Waals surface area contributed by atoms with E-state index in [-0.39, 0.29) is 24.0 Å². The van der Waals surface area contributed by atoms with Crippen LogP contribution in [-0.2, 0) is 32.3 Å². The number of amides is 2. The second kappa shape index (κ2) is 7.39. The molecule has 2 amide bonds. The fourth-order valence-electron chi connectivity index (χ4n) is 3.92. The van der Waals surface area contributed by atoms with E-state index in [0.717, 1.165) is 17.5 Å². The highest BCUT2D eigenvalue weighted by Crippen LogP contribution is 2.29. The van der Waals surface area contributed by atoms with E-state index in [2.05, 4.69) is 5.32 Å². The quantitative estimate of drug-likeness (QED) is 0.856. The van der Waals surface area contributed by atoms with Crippen molar-refractivity contribution in [3.05, 3.63) is 59.7 Å². The smallest absolute Gasteiger partial charge is 0.247 e. The molecule has 2 aliphatic heterocycles. The molecule has 146 valence electrons. The summed E-state index contributed by atoms with van der Waals surface area (Å²) < 4.78 is 24.2. The highest BCUT2D eigenvalue weighted by atomic mass is 32.2. The molecule has 0 radical (unpaired) electrons. The Morgan fingerprint density at radius 1 is 1.11 bits per heavy atom. The fourth-order valence-corrected chi connectivity index (χ4v) is 5.50. The van der Waals surface area contributed by atoms with Crippen molar-refractivity contribution < 1.29 is 18.0 Å². The van der Waals surface area contributed by atoms with Crippen LogP contribution in [0, 0.1) is 0 Å². The largest absolute Gasteiger partial charge is 0.330 e. The maximum atomic E-state index is 12.8. The lowest BCUT2D eigenvalue weighted by molar-refractivity contribution is -0.136. The molecule has 0 aromatic heterocycles.